The third kappa shape index (κ3) is 10.9. The highest BCUT2D eigenvalue weighted by Gasteiger charge is 2.57. The number of nitrogens with one attached hydrogen (secondary N) is 2. The van der Waals surface area contributed by atoms with Gasteiger partial charge in [-0.25, -0.2) is 4.98 Å². The van der Waals surface area contributed by atoms with Crippen molar-refractivity contribution in [2.24, 2.45) is 10.6 Å². The summed E-state index contributed by atoms with van der Waals surface area (Å²) in [6.45, 7) is -0.425. The van der Waals surface area contributed by atoms with Crippen LogP contribution in [0.4, 0.5) is 18.3 Å². The maximum absolute atomic E-state index is 15.3. The summed E-state index contributed by atoms with van der Waals surface area (Å²) in [4.78, 5) is 60.8. The molecule has 2 amide bonds. The van der Waals surface area contributed by atoms with Crippen LogP contribution >= 0.6 is 34.6 Å². The number of aromatic nitrogens is 3. The summed E-state index contributed by atoms with van der Waals surface area (Å²) >= 11 is 2.95. The fourth-order valence-corrected chi connectivity index (χ4v) is 13.1. The maximum Gasteiger partial charge on any atom is 0.434 e. The minimum atomic E-state index is -4.75. The molecule has 2 aliphatic rings. The molecule has 2 aromatic heterocycles. The zero-order valence-electron chi connectivity index (χ0n) is 43.7. The Balaban J connectivity index is 0.955. The minimum Gasteiger partial charge on any atom is -0.497 e. The number of β-lactam (4-membered cyclic amide) rings is 1. The molecule has 2 aliphatic heterocycles. The predicted molar refractivity (Wildman–Crippen MR) is 311 cm³/mol. The van der Waals surface area contributed by atoms with Crippen LogP contribution in [0.15, 0.2) is 223 Å². The smallest absolute Gasteiger partial charge is 0.434 e. The molecule has 0 saturated carbocycles. The number of amides is 2. The van der Waals surface area contributed by atoms with Gasteiger partial charge in [-0.3, -0.25) is 14.4 Å². The molecule has 2 N–H and O–H groups in total. The fourth-order valence-electron chi connectivity index (χ4n) is 10.2. The van der Waals surface area contributed by atoms with E-state index in [1.807, 2.05) is 182 Å². The van der Waals surface area contributed by atoms with Gasteiger partial charge in [0.2, 0.25) is 28.2 Å². The maximum atomic E-state index is 15.3. The zero-order valence-corrected chi connectivity index (χ0v) is 46.1. The number of rotatable bonds is 19. The summed E-state index contributed by atoms with van der Waals surface area (Å²) in [7, 11) is 1.52. The number of benzene rings is 7. The summed E-state index contributed by atoms with van der Waals surface area (Å²) in [6, 6.07) is 63.9. The van der Waals surface area contributed by atoms with Crippen LogP contribution in [0, 0.1) is 5.41 Å². The third-order valence-electron chi connectivity index (χ3n) is 14.3. The van der Waals surface area contributed by atoms with Gasteiger partial charge >= 0.3 is 12.1 Å². The molecular weight excluding hydrogens is 1100 g/mol. The Morgan fingerprint density at radius 1 is 0.732 bits per heavy atom. The number of fused-ring (bicyclic) bond motifs is 1. The van der Waals surface area contributed by atoms with E-state index in [0.29, 0.717) is 33.1 Å². The van der Waals surface area contributed by atoms with E-state index in [2.05, 4.69) is 15.6 Å². The molecule has 11 rings (SSSR count). The van der Waals surface area contributed by atoms with Crippen LogP contribution in [0.3, 0.4) is 0 Å². The van der Waals surface area contributed by atoms with Crippen LogP contribution in [0.5, 0.6) is 5.75 Å². The van der Waals surface area contributed by atoms with E-state index in [9.17, 15) is 22.8 Å². The van der Waals surface area contributed by atoms with Crippen LogP contribution in [0.25, 0.3) is 6.08 Å². The normalized spacial score (nSPS) is 17.3. The molecule has 9 aromatic rings. The first-order chi connectivity index (χ1) is 39.9. The van der Waals surface area contributed by atoms with Crippen LogP contribution in [0.1, 0.15) is 55.3 Å². The minimum absolute atomic E-state index is 0.0294. The van der Waals surface area contributed by atoms with Gasteiger partial charge in [0.15, 0.2) is 5.69 Å². The van der Waals surface area contributed by atoms with Gasteiger partial charge in [-0.15, -0.1) is 23.1 Å². The lowest BCUT2D eigenvalue weighted by Crippen LogP contribution is -2.74. The van der Waals surface area contributed by atoms with Gasteiger partial charge in [0, 0.05) is 40.5 Å². The number of nitrogens with zero attached hydrogens (tertiary/aromatic N) is 5. The van der Waals surface area contributed by atoms with Gasteiger partial charge in [-0.1, -0.05) is 205 Å². The Bertz CT molecular complexity index is 3540. The molecule has 0 bridgehead atoms. The number of hydrogen-bond acceptors (Lipinski definition) is 14. The largest absolute Gasteiger partial charge is 0.497 e. The molecule has 7 aromatic carbocycles. The third-order valence-corrected chi connectivity index (χ3v) is 17.3. The zero-order chi connectivity index (χ0) is 56.7. The molecule has 2 unspecified atom stereocenters. The molecule has 0 aliphatic carbocycles. The first-order valence-corrected chi connectivity index (χ1v) is 28.6. The van der Waals surface area contributed by atoms with Crippen LogP contribution in [-0.2, 0) is 47.9 Å². The van der Waals surface area contributed by atoms with Crippen molar-refractivity contribution >= 4 is 69.3 Å². The van der Waals surface area contributed by atoms with Crippen molar-refractivity contribution < 1.29 is 41.9 Å². The van der Waals surface area contributed by atoms with Crippen LogP contribution in [-0.4, -0.2) is 73.6 Å². The van der Waals surface area contributed by atoms with Crippen molar-refractivity contribution in [2.45, 2.75) is 35.3 Å². The molecular formula is C63H50F3N7O6S3. The Hall–Kier alpha value is -8.91. The number of halogens is 3. The fraction of sp³-hybridized carbons (Fsp3) is 0.159. The molecule has 3 atom stereocenters. The summed E-state index contributed by atoms with van der Waals surface area (Å²) in [5.74, 6) is -1.70. The molecule has 82 heavy (non-hydrogen) atoms. The quantitative estimate of drug-likeness (QED) is 0.0261. The SMILES string of the molecule is COc1ccc(COC(=O)C2(C=Cc3scnc3C(F)(F)F)CS[C@@H]3C(NC(=O)C(=NOC(c4ccccc4)(c4ccccc4)c4ccccc4)c4nsc(NC(c5ccccc5)(c5ccccc5)c5ccccc5)n4)C(=O)N3C2)cc1. The van der Waals surface area contributed by atoms with Crippen molar-refractivity contribution in [1.82, 2.24) is 24.6 Å². The monoisotopic (exact) mass is 1150 g/mol. The number of anilines is 1. The average molecular weight is 1150 g/mol. The van der Waals surface area contributed by atoms with Crippen LogP contribution in [0.2, 0.25) is 0 Å². The Morgan fingerprint density at radius 3 is 1.74 bits per heavy atom. The standard InChI is InChI=1S/C63H50F3N7O6S3/c1-77-49-34-32-42(33-35-49)38-78-58(76)60(37-36-50-53(63(64,65)66)67-41-81-50)39-73-56(75)52(57(73)80-40-60)68-55(74)51(71-79-62(46-26-14-5-15-27-46,47-28-16-6-17-29-47)48-30-18-7-19-31-48)54-69-59(82-72-54)70-61(43-20-8-2-9-21-43,44-22-10-3-11-23-44)45-24-12-4-13-25-45/h2-37,41,52,57H,38-40H2,1H3,(H,68,74)(H,69,70,72)/t52?,57-,60?/m1/s1. The van der Waals surface area contributed by atoms with E-state index in [-0.39, 0.29) is 35.3 Å². The molecule has 0 spiro atoms. The van der Waals surface area contributed by atoms with E-state index in [1.165, 1.54) is 35.9 Å². The van der Waals surface area contributed by atoms with E-state index < -0.39 is 57.6 Å². The second-order valence-electron chi connectivity index (χ2n) is 19.3. The second kappa shape index (κ2) is 23.7. The lowest BCUT2D eigenvalue weighted by molar-refractivity contribution is -0.160. The van der Waals surface area contributed by atoms with Gasteiger partial charge in [-0.2, -0.15) is 22.5 Å². The van der Waals surface area contributed by atoms with Crippen molar-refractivity contribution in [3.05, 3.63) is 273 Å². The lowest BCUT2D eigenvalue weighted by atomic mass is 9.77. The van der Waals surface area contributed by atoms with Crippen molar-refractivity contribution in [3.63, 3.8) is 0 Å². The van der Waals surface area contributed by atoms with Crippen molar-refractivity contribution in [3.8, 4) is 5.75 Å². The van der Waals surface area contributed by atoms with E-state index in [0.717, 1.165) is 45.1 Å². The lowest BCUT2D eigenvalue weighted by Gasteiger charge is -2.53. The van der Waals surface area contributed by atoms with Crippen molar-refractivity contribution in [2.75, 3.05) is 24.7 Å². The van der Waals surface area contributed by atoms with Gasteiger partial charge in [0.1, 0.15) is 34.7 Å². The molecule has 4 heterocycles. The van der Waals surface area contributed by atoms with Gasteiger partial charge < -0.3 is 29.8 Å². The number of hydrogen-bond donors (Lipinski definition) is 2. The summed E-state index contributed by atoms with van der Waals surface area (Å²) in [5.41, 5.74) is 0.953. The summed E-state index contributed by atoms with van der Waals surface area (Å²) in [5, 5.41) is 11.0. The van der Waals surface area contributed by atoms with Gasteiger partial charge in [0.25, 0.3) is 5.91 Å². The Kier molecular flexibility index (Phi) is 15.9. The second-order valence-corrected chi connectivity index (χ2v) is 22.0. The van der Waals surface area contributed by atoms with E-state index in [1.54, 1.807) is 24.3 Å². The number of thioether (sulfide) groups is 1. The van der Waals surface area contributed by atoms with Crippen molar-refractivity contribution in [1.29, 1.82) is 0 Å². The van der Waals surface area contributed by atoms with E-state index >= 15 is 4.79 Å². The number of thiazole rings is 1. The first-order valence-electron chi connectivity index (χ1n) is 25.9. The molecule has 0 radical (unpaired) electrons. The first kappa shape index (κ1) is 55.0. The number of ether oxygens (including phenoxy) is 2. The van der Waals surface area contributed by atoms with E-state index in [4.69, 9.17) is 28.8 Å². The number of esters is 1. The Labute approximate surface area is 482 Å². The van der Waals surface area contributed by atoms with Crippen LogP contribution < -0.4 is 15.4 Å². The van der Waals surface area contributed by atoms with Gasteiger partial charge in [-0.05, 0) is 40.5 Å². The highest BCUT2D eigenvalue weighted by Crippen LogP contribution is 2.46. The molecule has 2 fully saturated rings. The van der Waals surface area contributed by atoms with Gasteiger partial charge in [0.05, 0.1) is 17.5 Å². The number of oxime groups is 1. The summed E-state index contributed by atoms with van der Waals surface area (Å²) < 4.78 is 58.0. The topological polar surface area (TPSA) is 157 Å². The number of carbonyl (C=O) groups excluding carboxylic acids is 3. The molecule has 13 nitrogen and oxygen atoms in total. The predicted octanol–water partition coefficient (Wildman–Crippen LogP) is 12.0. The number of carbonyl (C=O) groups is 3. The summed E-state index contributed by atoms with van der Waals surface area (Å²) in [6.07, 6.45) is -2.19. The molecule has 412 valence electrons. The molecule has 19 heteroatoms. The molecule has 2 saturated heterocycles. The Morgan fingerprint density at radius 2 is 1.24 bits per heavy atom. The highest BCUT2D eigenvalue weighted by molar-refractivity contribution is 8.00. The number of methoxy groups -OCH3 is 1. The average Bonchev–Trinajstić information content (AvgIpc) is 3.01. The highest BCUT2D eigenvalue weighted by atomic mass is 32.2. The number of alkyl halides is 3.